The van der Waals surface area contributed by atoms with Crippen LogP contribution in [-0.2, 0) is 9.29 Å². The molecular weight excluding hydrogens is 212 g/mol. The Balaban J connectivity index is 5.20. The largest absolute Gasteiger partial charge is 0.236 e. The second kappa shape index (κ2) is 3.81. The van der Waals surface area contributed by atoms with Crippen molar-refractivity contribution in [1.82, 2.24) is 0 Å². The lowest BCUT2D eigenvalue weighted by atomic mass is 10.2. The minimum absolute atomic E-state index is 0.124. The van der Waals surface area contributed by atoms with E-state index < -0.39 is 16.5 Å². The van der Waals surface area contributed by atoms with E-state index in [0.29, 0.717) is 0 Å². The van der Waals surface area contributed by atoms with Gasteiger partial charge in [0.25, 0.3) is 0 Å². The van der Waals surface area contributed by atoms with Crippen LogP contribution < -0.4 is 0 Å². The Morgan fingerprint density at radius 1 is 1.29 bits per heavy atom. The zero-order chi connectivity index (χ0) is 11.8. The molecule has 0 aliphatic heterocycles. The molecule has 0 rings (SSSR count). The molecule has 2 nitrogen and oxygen atoms in total. The minimum Gasteiger partial charge on any atom is -0.236 e. The monoisotopic (exact) mass is 234 g/mol. The molecule has 0 amide bonds. The highest BCUT2D eigenvalue weighted by Crippen LogP contribution is 2.40. The van der Waals surface area contributed by atoms with Gasteiger partial charge in [0.2, 0.25) is 0 Å². The molecule has 0 N–H and O–H groups in total. The van der Waals surface area contributed by atoms with Gasteiger partial charge in [-0.2, -0.15) is 0 Å². The van der Waals surface area contributed by atoms with Crippen LogP contribution in [0, 0.1) is 0 Å². The van der Waals surface area contributed by atoms with Crippen molar-refractivity contribution in [2.75, 3.05) is 5.75 Å². The van der Waals surface area contributed by atoms with E-state index in [9.17, 15) is 8.42 Å². The lowest BCUT2D eigenvalue weighted by molar-refractivity contribution is 0.604. The van der Waals surface area contributed by atoms with Crippen LogP contribution in [0.15, 0.2) is 12.2 Å². The van der Waals surface area contributed by atoms with Gasteiger partial charge in [-0.1, -0.05) is 46.0 Å². The fourth-order valence-electron chi connectivity index (χ4n) is 0.971. The van der Waals surface area contributed by atoms with Gasteiger partial charge in [0.1, 0.15) is 9.29 Å². The molecule has 0 fully saturated rings. The van der Waals surface area contributed by atoms with E-state index in [1.165, 1.54) is 0 Å². The van der Waals surface area contributed by atoms with E-state index in [1.54, 1.807) is 6.92 Å². The Labute approximate surface area is 89.0 Å². The van der Waals surface area contributed by atoms with E-state index in [-0.39, 0.29) is 10.8 Å². The molecule has 84 valence electrons. The Hall–Kier alpha value is -0.0931. The maximum Gasteiger partial charge on any atom is 0.195 e. The van der Waals surface area contributed by atoms with Gasteiger partial charge in [0.15, 0.2) is 7.22 Å². The summed E-state index contributed by atoms with van der Waals surface area (Å²) in [7, 11) is -5.26. The normalized spacial score (nSPS) is 14.1. The van der Waals surface area contributed by atoms with Crippen LogP contribution >= 0.6 is 0 Å². The summed E-state index contributed by atoms with van der Waals surface area (Å²) in [5.41, 5.74) is 0.731. The first-order valence-corrected chi connectivity index (χ1v) is 10.2. The second-order valence-corrected chi connectivity index (χ2v) is 16.4. The summed E-state index contributed by atoms with van der Waals surface area (Å²) in [6.07, 6.45) is 0. The van der Waals surface area contributed by atoms with Crippen LogP contribution in [0.3, 0.4) is 0 Å². The maximum atomic E-state index is 12.1. The number of hydrogen-bond donors (Lipinski definition) is 0. The first-order chi connectivity index (χ1) is 5.92. The molecule has 0 aromatic heterocycles. The second-order valence-electron chi connectivity index (χ2n) is 5.48. The van der Waals surface area contributed by atoms with Crippen molar-refractivity contribution in [2.24, 2.45) is 0 Å². The average molecular weight is 234 g/mol. The van der Waals surface area contributed by atoms with E-state index in [0.717, 1.165) is 5.57 Å². The van der Waals surface area contributed by atoms with Crippen molar-refractivity contribution in [3.8, 4) is 0 Å². The van der Waals surface area contributed by atoms with Crippen LogP contribution in [-0.4, -0.2) is 21.4 Å². The molecule has 0 saturated heterocycles. The molecule has 4 heteroatoms. The van der Waals surface area contributed by atoms with Crippen molar-refractivity contribution in [2.45, 2.75) is 45.8 Å². The van der Waals surface area contributed by atoms with Crippen molar-refractivity contribution in [3.05, 3.63) is 12.2 Å². The fourth-order valence-corrected chi connectivity index (χ4v) is 7.53. The Morgan fingerprint density at radius 2 is 1.64 bits per heavy atom. The molecule has 0 radical (unpaired) electrons. The summed E-state index contributed by atoms with van der Waals surface area (Å²) in [5, 5.41) is -0.124. The predicted octanol–water partition coefficient (Wildman–Crippen LogP) is 2.98. The fraction of sp³-hybridized carbons (Fsp3) is 0.800. The van der Waals surface area contributed by atoms with Crippen LogP contribution in [0.5, 0.6) is 0 Å². The topological polar surface area (TPSA) is 34.1 Å². The first kappa shape index (κ1) is 13.9. The van der Waals surface area contributed by atoms with Gasteiger partial charge >= 0.3 is 0 Å². The summed E-state index contributed by atoms with van der Waals surface area (Å²) in [6.45, 7) is 15.3. The quantitative estimate of drug-likeness (QED) is 0.556. The third-order valence-electron chi connectivity index (χ3n) is 3.02. The average Bonchev–Trinajstić information content (AvgIpc) is 1.80. The van der Waals surface area contributed by atoms with Crippen molar-refractivity contribution in [1.29, 1.82) is 0 Å². The molecule has 14 heavy (non-hydrogen) atoms. The Kier molecular flexibility index (Phi) is 3.79. The van der Waals surface area contributed by atoms with Crippen LogP contribution in [0.4, 0.5) is 0 Å². The van der Waals surface area contributed by atoms with E-state index >= 15 is 0 Å². The smallest absolute Gasteiger partial charge is 0.195 e. The van der Waals surface area contributed by atoms with E-state index in [4.69, 9.17) is 0 Å². The molecule has 0 aliphatic carbocycles. The minimum atomic E-state index is -2.98. The zero-order valence-electron chi connectivity index (χ0n) is 10.1. The van der Waals surface area contributed by atoms with Crippen LogP contribution in [0.2, 0.25) is 18.1 Å². The third-order valence-corrected chi connectivity index (χ3v) is 16.0. The van der Waals surface area contributed by atoms with Crippen LogP contribution in [0.1, 0.15) is 27.7 Å². The Morgan fingerprint density at radius 3 is 1.86 bits per heavy atom. The SMILES string of the molecule is C=C(C)CS(=O)(=O)[Si](C)(C)C(C)(C)C. The van der Waals surface area contributed by atoms with Crippen LogP contribution in [0.25, 0.3) is 0 Å². The summed E-state index contributed by atoms with van der Waals surface area (Å²) < 4.78 is 24.2. The van der Waals surface area contributed by atoms with E-state index in [2.05, 4.69) is 6.58 Å². The van der Waals surface area contributed by atoms with Crippen molar-refractivity contribution < 1.29 is 8.42 Å². The number of rotatable bonds is 3. The summed E-state index contributed by atoms with van der Waals surface area (Å²) in [6, 6.07) is 0. The Bertz CT molecular complexity index is 321. The molecule has 0 bridgehead atoms. The first-order valence-electron chi connectivity index (χ1n) is 4.78. The lowest BCUT2D eigenvalue weighted by Crippen LogP contribution is -2.47. The van der Waals surface area contributed by atoms with Gasteiger partial charge in [-0.3, -0.25) is 0 Å². The maximum absolute atomic E-state index is 12.1. The molecule has 0 aliphatic rings. The molecule has 0 aromatic rings. The van der Waals surface area contributed by atoms with Gasteiger partial charge in [-0.15, -0.1) is 0 Å². The molecule has 0 spiro atoms. The van der Waals surface area contributed by atoms with Gasteiger partial charge in [-0.25, -0.2) is 8.42 Å². The van der Waals surface area contributed by atoms with Gasteiger partial charge in [0.05, 0.1) is 5.75 Å². The molecule has 0 atom stereocenters. The predicted molar refractivity (Wildman–Crippen MR) is 65.8 cm³/mol. The third kappa shape index (κ3) is 2.70. The molecule has 0 unspecified atom stereocenters. The zero-order valence-corrected chi connectivity index (χ0v) is 12.0. The van der Waals surface area contributed by atoms with Gasteiger partial charge in [-0.05, 0) is 12.0 Å². The van der Waals surface area contributed by atoms with Gasteiger partial charge in [0, 0.05) is 0 Å². The highest BCUT2D eigenvalue weighted by Gasteiger charge is 2.47. The standard InChI is InChI=1S/C10H22O2SSi/c1-9(2)8-13(11,12)14(6,7)10(3,4)5/h1,8H2,2-7H3. The summed E-state index contributed by atoms with van der Waals surface area (Å²) in [5.74, 6) is 0.142. The number of hydrogen-bond acceptors (Lipinski definition) is 2. The van der Waals surface area contributed by atoms with Gasteiger partial charge < -0.3 is 0 Å². The van der Waals surface area contributed by atoms with E-state index in [1.807, 2.05) is 33.9 Å². The summed E-state index contributed by atoms with van der Waals surface area (Å²) in [4.78, 5) is 0. The highest BCUT2D eigenvalue weighted by atomic mass is 32.4. The van der Waals surface area contributed by atoms with Crippen molar-refractivity contribution >= 4 is 16.5 Å². The summed E-state index contributed by atoms with van der Waals surface area (Å²) >= 11 is 0. The highest BCUT2D eigenvalue weighted by molar-refractivity contribution is 8.22. The molecule has 0 heterocycles. The van der Waals surface area contributed by atoms with Crippen molar-refractivity contribution in [3.63, 3.8) is 0 Å². The lowest BCUT2D eigenvalue weighted by Gasteiger charge is -2.35. The molecule has 0 aromatic carbocycles. The molecule has 0 saturated carbocycles. The molecular formula is C10H22O2SSi.